The molecule has 0 atom stereocenters. The number of benzene rings is 2. The zero-order chi connectivity index (χ0) is 20.0. The van der Waals surface area contributed by atoms with Crippen LogP contribution in [0.25, 0.3) is 0 Å². The lowest BCUT2D eigenvalue weighted by atomic mass is 10.0. The molecule has 0 aromatic heterocycles. The number of carboxylic acids is 1. The Morgan fingerprint density at radius 2 is 1.93 bits per heavy atom. The van der Waals surface area contributed by atoms with Crippen LogP contribution in [0.5, 0.6) is 5.75 Å². The average Bonchev–Trinajstić information content (AvgIpc) is 2.59. The van der Waals surface area contributed by atoms with E-state index in [0.717, 1.165) is 11.1 Å². The number of nitrogens with one attached hydrogen (secondary N) is 2. The van der Waals surface area contributed by atoms with E-state index in [1.165, 1.54) is 12.1 Å². The van der Waals surface area contributed by atoms with Crippen LogP contribution in [0.4, 0.5) is 5.69 Å². The molecule has 2 aromatic rings. The van der Waals surface area contributed by atoms with Crippen LogP contribution in [-0.2, 0) is 4.79 Å². The molecule has 0 spiro atoms. The lowest BCUT2D eigenvalue weighted by molar-refractivity contribution is -0.121. The second-order valence-corrected chi connectivity index (χ2v) is 6.78. The number of amides is 1. The fraction of sp³-hybridized carbons (Fsp3) is 0.250. The molecule has 0 aliphatic rings. The van der Waals surface area contributed by atoms with E-state index in [1.54, 1.807) is 12.1 Å². The fourth-order valence-corrected chi connectivity index (χ4v) is 2.67. The van der Waals surface area contributed by atoms with Gasteiger partial charge in [0.15, 0.2) is 11.7 Å². The standard InChI is InChI=1S/C20H22N2O4S/c1-12(2)16-8-7-13(3)9-17(16)26-11-18(23)22-20(27)21-15-6-4-5-14(10-15)19(24)25/h4-10,12H,11H2,1-3H3,(H,24,25)(H2,21,22,23,27). The first kappa shape index (κ1) is 20.4. The van der Waals surface area contributed by atoms with Crippen LogP contribution in [0.1, 0.15) is 41.3 Å². The molecule has 0 radical (unpaired) electrons. The highest BCUT2D eigenvalue weighted by molar-refractivity contribution is 7.80. The Balaban J connectivity index is 1.92. The Hall–Kier alpha value is -2.93. The number of carbonyl (C=O) groups is 2. The van der Waals surface area contributed by atoms with Gasteiger partial charge >= 0.3 is 5.97 Å². The molecule has 3 N–H and O–H groups in total. The summed E-state index contributed by atoms with van der Waals surface area (Å²) in [5.74, 6) is -0.500. The van der Waals surface area contributed by atoms with Gasteiger partial charge in [0, 0.05) is 5.69 Å². The maximum Gasteiger partial charge on any atom is 0.335 e. The molecular weight excluding hydrogens is 364 g/mol. The van der Waals surface area contributed by atoms with Crippen molar-refractivity contribution in [2.75, 3.05) is 11.9 Å². The number of hydrogen-bond donors (Lipinski definition) is 3. The maximum atomic E-state index is 12.1. The number of anilines is 1. The molecule has 0 aliphatic heterocycles. The van der Waals surface area contributed by atoms with Crippen molar-refractivity contribution in [2.24, 2.45) is 0 Å². The van der Waals surface area contributed by atoms with Gasteiger partial charge in [-0.2, -0.15) is 0 Å². The van der Waals surface area contributed by atoms with Crippen molar-refractivity contribution >= 4 is 34.9 Å². The first-order valence-corrected chi connectivity index (χ1v) is 8.84. The third-order valence-electron chi connectivity index (χ3n) is 3.77. The molecule has 1 amide bonds. The Labute approximate surface area is 163 Å². The minimum absolute atomic E-state index is 0.0689. The van der Waals surface area contributed by atoms with Crippen LogP contribution in [0.2, 0.25) is 0 Å². The zero-order valence-electron chi connectivity index (χ0n) is 15.4. The molecule has 2 rings (SSSR count). The van der Waals surface area contributed by atoms with Crippen molar-refractivity contribution in [1.82, 2.24) is 5.32 Å². The van der Waals surface area contributed by atoms with E-state index in [2.05, 4.69) is 24.5 Å². The summed E-state index contributed by atoms with van der Waals surface area (Å²) in [5.41, 5.74) is 2.67. The Morgan fingerprint density at radius 3 is 2.59 bits per heavy atom. The number of carboxylic acid groups (broad SMARTS) is 1. The van der Waals surface area contributed by atoms with Gasteiger partial charge in [-0.3, -0.25) is 10.1 Å². The molecule has 0 bridgehead atoms. The van der Waals surface area contributed by atoms with Gasteiger partial charge in [-0.25, -0.2) is 4.79 Å². The monoisotopic (exact) mass is 386 g/mol. The van der Waals surface area contributed by atoms with Gasteiger partial charge in [-0.05, 0) is 60.5 Å². The van der Waals surface area contributed by atoms with Crippen molar-refractivity contribution in [3.05, 3.63) is 59.2 Å². The van der Waals surface area contributed by atoms with Crippen LogP contribution in [0.3, 0.4) is 0 Å². The van der Waals surface area contributed by atoms with E-state index in [0.29, 0.717) is 11.4 Å². The van der Waals surface area contributed by atoms with E-state index in [4.69, 9.17) is 22.1 Å². The Morgan fingerprint density at radius 1 is 1.19 bits per heavy atom. The van der Waals surface area contributed by atoms with Crippen LogP contribution in [0.15, 0.2) is 42.5 Å². The van der Waals surface area contributed by atoms with E-state index in [-0.39, 0.29) is 23.2 Å². The third kappa shape index (κ3) is 6.07. The van der Waals surface area contributed by atoms with Crippen LogP contribution >= 0.6 is 12.2 Å². The van der Waals surface area contributed by atoms with Gasteiger partial charge in [0.1, 0.15) is 5.75 Å². The van der Waals surface area contributed by atoms with Crippen LogP contribution in [-0.4, -0.2) is 28.7 Å². The largest absolute Gasteiger partial charge is 0.483 e. The van der Waals surface area contributed by atoms with Gasteiger partial charge in [0.05, 0.1) is 5.56 Å². The van der Waals surface area contributed by atoms with Crippen LogP contribution in [0, 0.1) is 6.92 Å². The van der Waals surface area contributed by atoms with Crippen molar-refractivity contribution in [3.63, 3.8) is 0 Å². The summed E-state index contributed by atoms with van der Waals surface area (Å²) in [6.07, 6.45) is 0. The summed E-state index contributed by atoms with van der Waals surface area (Å²) in [7, 11) is 0. The van der Waals surface area contributed by atoms with Gasteiger partial charge in [0.2, 0.25) is 0 Å². The summed E-state index contributed by atoms with van der Waals surface area (Å²) in [5, 5.41) is 14.4. The van der Waals surface area contributed by atoms with Gasteiger partial charge < -0.3 is 15.2 Å². The second kappa shape index (κ2) is 9.14. The van der Waals surface area contributed by atoms with Crippen LogP contribution < -0.4 is 15.4 Å². The molecule has 0 aliphatic carbocycles. The van der Waals surface area contributed by atoms with Gasteiger partial charge in [-0.1, -0.05) is 32.0 Å². The smallest absolute Gasteiger partial charge is 0.335 e. The topological polar surface area (TPSA) is 87.7 Å². The SMILES string of the molecule is Cc1ccc(C(C)C)c(OCC(=O)NC(=S)Nc2cccc(C(=O)O)c2)c1. The molecule has 0 unspecified atom stereocenters. The van der Waals surface area contributed by atoms with Crippen molar-refractivity contribution in [1.29, 1.82) is 0 Å². The highest BCUT2D eigenvalue weighted by Gasteiger charge is 2.11. The molecule has 27 heavy (non-hydrogen) atoms. The number of rotatable bonds is 6. The highest BCUT2D eigenvalue weighted by atomic mass is 32.1. The first-order valence-electron chi connectivity index (χ1n) is 8.44. The third-order valence-corrected chi connectivity index (χ3v) is 3.97. The minimum atomic E-state index is -1.04. The number of aryl methyl sites for hydroxylation is 1. The Bertz CT molecular complexity index is 865. The summed E-state index contributed by atoms with van der Waals surface area (Å²) in [6.45, 7) is 5.89. The summed E-state index contributed by atoms with van der Waals surface area (Å²) >= 11 is 5.09. The van der Waals surface area contributed by atoms with E-state index < -0.39 is 11.9 Å². The lowest BCUT2D eigenvalue weighted by Gasteiger charge is -2.15. The second-order valence-electron chi connectivity index (χ2n) is 6.37. The number of carbonyl (C=O) groups excluding carboxylic acids is 1. The summed E-state index contributed by atoms with van der Waals surface area (Å²) < 4.78 is 5.67. The minimum Gasteiger partial charge on any atom is -0.483 e. The van der Waals surface area contributed by atoms with E-state index in [1.807, 2.05) is 25.1 Å². The highest BCUT2D eigenvalue weighted by Crippen LogP contribution is 2.27. The quantitative estimate of drug-likeness (QED) is 0.656. The van der Waals surface area contributed by atoms with Crippen molar-refractivity contribution in [3.8, 4) is 5.75 Å². The molecule has 0 heterocycles. The molecule has 6 nitrogen and oxygen atoms in total. The van der Waals surface area contributed by atoms with Gasteiger partial charge in [-0.15, -0.1) is 0 Å². The fourth-order valence-electron chi connectivity index (χ4n) is 2.44. The normalized spacial score (nSPS) is 10.4. The average molecular weight is 386 g/mol. The molecule has 2 aromatic carbocycles. The van der Waals surface area contributed by atoms with E-state index >= 15 is 0 Å². The molecule has 0 fully saturated rings. The molecule has 7 heteroatoms. The zero-order valence-corrected chi connectivity index (χ0v) is 16.2. The number of aromatic carboxylic acids is 1. The van der Waals surface area contributed by atoms with Crippen molar-refractivity contribution < 1.29 is 19.4 Å². The number of thiocarbonyl (C=S) groups is 1. The summed E-state index contributed by atoms with van der Waals surface area (Å²) in [6, 6.07) is 12.0. The Kier molecular flexibility index (Phi) is 6.90. The molecule has 0 saturated carbocycles. The number of hydrogen-bond acceptors (Lipinski definition) is 4. The molecular formula is C20H22N2O4S. The van der Waals surface area contributed by atoms with E-state index in [9.17, 15) is 9.59 Å². The lowest BCUT2D eigenvalue weighted by Crippen LogP contribution is -2.37. The molecule has 142 valence electrons. The summed E-state index contributed by atoms with van der Waals surface area (Å²) in [4.78, 5) is 23.1. The first-order chi connectivity index (χ1) is 12.8. The number of ether oxygens (including phenoxy) is 1. The van der Waals surface area contributed by atoms with Crippen molar-refractivity contribution in [2.45, 2.75) is 26.7 Å². The predicted molar refractivity (Wildman–Crippen MR) is 109 cm³/mol. The molecule has 0 saturated heterocycles. The predicted octanol–water partition coefficient (Wildman–Crippen LogP) is 3.71. The van der Waals surface area contributed by atoms with Gasteiger partial charge in [0.25, 0.3) is 5.91 Å². The maximum absolute atomic E-state index is 12.1.